The average molecular weight is 424 g/mol. The van der Waals surface area contributed by atoms with Gasteiger partial charge in [0.2, 0.25) is 5.91 Å². The number of para-hydroxylation sites is 1. The highest BCUT2D eigenvalue weighted by Gasteiger charge is 2.47. The number of carbonyl (C=O) groups is 2. The number of hydrogen-bond donors (Lipinski definition) is 2. The summed E-state index contributed by atoms with van der Waals surface area (Å²) in [6.45, 7) is 3.91. The van der Waals surface area contributed by atoms with Gasteiger partial charge in [-0.25, -0.2) is 9.78 Å². The number of hydrogen-bond acceptors (Lipinski definition) is 5. The molecule has 0 saturated carbocycles. The van der Waals surface area contributed by atoms with Crippen molar-refractivity contribution >= 4 is 35.1 Å². The Hall–Kier alpha value is -2.58. The van der Waals surface area contributed by atoms with Crippen LogP contribution in [0, 0.1) is 6.92 Å². The fourth-order valence-electron chi connectivity index (χ4n) is 4.65. The number of anilines is 2. The second kappa shape index (κ2) is 7.59. The molecule has 3 atom stereocenters. The molecule has 1 aromatic heterocycles. The van der Waals surface area contributed by atoms with Crippen molar-refractivity contribution in [2.45, 2.75) is 42.1 Å². The van der Waals surface area contributed by atoms with E-state index in [1.54, 1.807) is 11.1 Å². The molecule has 1 fully saturated rings. The summed E-state index contributed by atoms with van der Waals surface area (Å²) in [6.07, 6.45) is 3.79. The third-order valence-corrected chi connectivity index (χ3v) is 7.38. The van der Waals surface area contributed by atoms with Crippen LogP contribution in [0.1, 0.15) is 30.0 Å². The zero-order valence-electron chi connectivity index (χ0n) is 17.1. The van der Waals surface area contributed by atoms with Crippen molar-refractivity contribution in [1.82, 2.24) is 20.5 Å². The van der Waals surface area contributed by atoms with Crippen LogP contribution in [0.4, 0.5) is 16.2 Å². The predicted octanol–water partition coefficient (Wildman–Crippen LogP) is 2.98. The third-order valence-electron chi connectivity index (χ3n) is 6.09. The maximum absolute atomic E-state index is 13.2. The number of benzene rings is 1. The van der Waals surface area contributed by atoms with Gasteiger partial charge in [0.15, 0.2) is 0 Å². The van der Waals surface area contributed by atoms with Crippen LogP contribution in [-0.2, 0) is 4.79 Å². The SMILES string of the molecule is Cc1ccccc1N1C(=O)NC2c3c1ccnc3S[C@H]2C(=O)NC1CCCN(C)C1. The van der Waals surface area contributed by atoms with Crippen LogP contribution in [0.5, 0.6) is 0 Å². The van der Waals surface area contributed by atoms with Crippen LogP contribution < -0.4 is 15.5 Å². The van der Waals surface area contributed by atoms with Crippen molar-refractivity contribution in [3.63, 3.8) is 0 Å². The molecule has 3 amide bonds. The predicted molar refractivity (Wildman–Crippen MR) is 117 cm³/mol. The first-order valence-electron chi connectivity index (χ1n) is 10.3. The number of carbonyl (C=O) groups excluding carboxylic acids is 2. The number of urea groups is 1. The topological polar surface area (TPSA) is 77.6 Å². The number of aryl methyl sites for hydroxylation is 1. The number of rotatable bonds is 3. The monoisotopic (exact) mass is 423 g/mol. The summed E-state index contributed by atoms with van der Waals surface area (Å²) in [5.41, 5.74) is 3.59. The van der Waals surface area contributed by atoms with Gasteiger partial charge in [-0.2, -0.15) is 0 Å². The molecule has 8 heteroatoms. The lowest BCUT2D eigenvalue weighted by atomic mass is 9.98. The second-order valence-corrected chi connectivity index (χ2v) is 9.38. The Morgan fingerprint density at radius 1 is 1.27 bits per heavy atom. The number of likely N-dealkylation sites (tertiary alicyclic amines) is 1. The van der Waals surface area contributed by atoms with Crippen LogP contribution in [0.25, 0.3) is 0 Å². The Morgan fingerprint density at radius 3 is 2.90 bits per heavy atom. The average Bonchev–Trinajstić information content (AvgIpc) is 3.09. The Labute approximate surface area is 180 Å². The largest absolute Gasteiger partial charge is 0.351 e. The molecule has 1 saturated heterocycles. The van der Waals surface area contributed by atoms with Gasteiger partial charge in [0.25, 0.3) is 0 Å². The fourth-order valence-corrected chi connectivity index (χ4v) is 5.88. The maximum Gasteiger partial charge on any atom is 0.327 e. The number of piperidine rings is 1. The number of likely N-dealkylation sites (N-methyl/N-ethyl adjacent to an activating group) is 1. The lowest BCUT2D eigenvalue weighted by Gasteiger charge is -2.35. The molecule has 0 aliphatic carbocycles. The minimum atomic E-state index is -0.413. The molecule has 2 unspecified atom stereocenters. The normalized spacial score (nSPS) is 25.6. The van der Waals surface area contributed by atoms with E-state index in [9.17, 15) is 9.59 Å². The van der Waals surface area contributed by atoms with Gasteiger partial charge >= 0.3 is 6.03 Å². The first-order chi connectivity index (χ1) is 14.5. The molecule has 4 heterocycles. The molecule has 2 aromatic rings. The fraction of sp³-hybridized carbons (Fsp3) is 0.409. The molecular weight excluding hydrogens is 398 g/mol. The number of nitrogens with one attached hydrogen (secondary N) is 2. The van der Waals surface area contributed by atoms with Crippen LogP contribution in [0.3, 0.4) is 0 Å². The molecule has 1 aromatic carbocycles. The Kier molecular flexibility index (Phi) is 4.91. The van der Waals surface area contributed by atoms with Crippen LogP contribution in [-0.4, -0.2) is 53.3 Å². The summed E-state index contributed by atoms with van der Waals surface area (Å²) < 4.78 is 0. The smallest absolute Gasteiger partial charge is 0.327 e. The first kappa shape index (κ1) is 19.4. The van der Waals surface area contributed by atoms with Crippen molar-refractivity contribution in [3.05, 3.63) is 47.7 Å². The second-order valence-electron chi connectivity index (χ2n) is 8.25. The van der Waals surface area contributed by atoms with Gasteiger partial charge in [-0.3, -0.25) is 9.69 Å². The molecule has 5 rings (SSSR count). The molecule has 7 nitrogen and oxygen atoms in total. The lowest BCUT2D eigenvalue weighted by molar-refractivity contribution is -0.122. The summed E-state index contributed by atoms with van der Waals surface area (Å²) in [7, 11) is 2.08. The lowest BCUT2D eigenvalue weighted by Crippen LogP contribution is -2.52. The molecule has 2 N–H and O–H groups in total. The van der Waals surface area contributed by atoms with E-state index in [0.717, 1.165) is 53.5 Å². The van der Waals surface area contributed by atoms with Crippen molar-refractivity contribution in [2.75, 3.05) is 25.0 Å². The highest BCUT2D eigenvalue weighted by molar-refractivity contribution is 8.01. The molecule has 156 valence electrons. The van der Waals surface area contributed by atoms with Crippen LogP contribution in [0.2, 0.25) is 0 Å². The number of aromatic nitrogens is 1. The van der Waals surface area contributed by atoms with Crippen molar-refractivity contribution in [1.29, 1.82) is 0 Å². The standard InChI is InChI=1S/C22H25N5O2S/c1-13-6-3-4-8-15(13)27-16-9-10-23-21-17(16)18(25-22(27)29)19(30-21)20(28)24-14-7-5-11-26(2)12-14/h3-4,6,8-10,14,18-19H,5,7,11-12H2,1-2H3,(H,24,28)(H,25,29)/t14?,18?,19-/m1/s1. The van der Waals surface area contributed by atoms with Crippen LogP contribution in [0.15, 0.2) is 41.6 Å². The first-order valence-corrected chi connectivity index (χ1v) is 11.2. The van der Waals surface area contributed by atoms with Gasteiger partial charge in [0, 0.05) is 24.3 Å². The van der Waals surface area contributed by atoms with Gasteiger partial charge in [-0.1, -0.05) is 30.0 Å². The zero-order valence-corrected chi connectivity index (χ0v) is 17.9. The van der Waals surface area contributed by atoms with E-state index < -0.39 is 5.25 Å². The molecular formula is C22H25N5O2S. The Balaban J connectivity index is 1.45. The van der Waals surface area contributed by atoms with Crippen molar-refractivity contribution in [3.8, 4) is 0 Å². The van der Waals surface area contributed by atoms with E-state index in [-0.39, 0.29) is 24.0 Å². The molecule has 3 aliphatic heterocycles. The van der Waals surface area contributed by atoms with E-state index in [1.165, 1.54) is 11.8 Å². The van der Waals surface area contributed by atoms with E-state index in [2.05, 4.69) is 27.6 Å². The number of amides is 3. The van der Waals surface area contributed by atoms with E-state index in [0.29, 0.717) is 0 Å². The van der Waals surface area contributed by atoms with E-state index >= 15 is 0 Å². The highest BCUT2D eigenvalue weighted by Crippen LogP contribution is 2.50. The van der Waals surface area contributed by atoms with E-state index in [4.69, 9.17) is 0 Å². The van der Waals surface area contributed by atoms with Gasteiger partial charge in [-0.15, -0.1) is 0 Å². The molecule has 0 radical (unpaired) electrons. The zero-order chi connectivity index (χ0) is 20.8. The van der Waals surface area contributed by atoms with Gasteiger partial charge in [0.05, 0.1) is 17.4 Å². The highest BCUT2D eigenvalue weighted by atomic mass is 32.2. The van der Waals surface area contributed by atoms with Crippen molar-refractivity contribution in [2.24, 2.45) is 0 Å². The summed E-state index contributed by atoms with van der Waals surface area (Å²) in [5.74, 6) is -0.0288. The number of thioether (sulfide) groups is 1. The van der Waals surface area contributed by atoms with Gasteiger partial charge < -0.3 is 15.5 Å². The maximum atomic E-state index is 13.2. The van der Waals surface area contributed by atoms with Crippen molar-refractivity contribution < 1.29 is 9.59 Å². The molecule has 3 aliphatic rings. The van der Waals surface area contributed by atoms with Gasteiger partial charge in [0.1, 0.15) is 10.3 Å². The summed E-state index contributed by atoms with van der Waals surface area (Å²) in [6, 6.07) is 9.24. The molecule has 30 heavy (non-hydrogen) atoms. The number of pyridine rings is 1. The summed E-state index contributed by atoms with van der Waals surface area (Å²) >= 11 is 1.45. The summed E-state index contributed by atoms with van der Waals surface area (Å²) in [4.78, 5) is 34.8. The van der Waals surface area contributed by atoms with Crippen LogP contribution >= 0.6 is 11.8 Å². The van der Waals surface area contributed by atoms with E-state index in [1.807, 2.05) is 37.3 Å². The Morgan fingerprint density at radius 2 is 2.10 bits per heavy atom. The molecule has 0 bridgehead atoms. The third kappa shape index (κ3) is 3.24. The minimum Gasteiger partial charge on any atom is -0.351 e. The number of nitrogens with zero attached hydrogens (tertiary/aromatic N) is 3. The quantitative estimate of drug-likeness (QED) is 0.794. The van der Waals surface area contributed by atoms with Gasteiger partial charge in [-0.05, 0) is 51.1 Å². The Bertz CT molecular complexity index is 1010. The minimum absolute atomic E-state index is 0.0288. The summed E-state index contributed by atoms with van der Waals surface area (Å²) in [5, 5.41) is 6.69. The molecule has 0 spiro atoms.